The Kier molecular flexibility index (Phi) is 3.95. The Morgan fingerprint density at radius 3 is 2.76 bits per heavy atom. The lowest BCUT2D eigenvalue weighted by molar-refractivity contribution is 0.102. The van der Waals surface area contributed by atoms with Gasteiger partial charge in [0.1, 0.15) is 10.3 Å². The third-order valence-corrected chi connectivity index (χ3v) is 4.82. The number of amides is 1. The van der Waals surface area contributed by atoms with Gasteiger partial charge in [-0.2, -0.15) is 0 Å². The molecule has 0 radical (unpaired) electrons. The van der Waals surface area contributed by atoms with E-state index in [-0.39, 0.29) is 5.91 Å². The van der Waals surface area contributed by atoms with Crippen molar-refractivity contribution < 1.29 is 4.79 Å². The molecule has 25 heavy (non-hydrogen) atoms. The van der Waals surface area contributed by atoms with Gasteiger partial charge in [0, 0.05) is 29.8 Å². The molecule has 0 saturated carbocycles. The fourth-order valence-corrected chi connectivity index (χ4v) is 3.32. The van der Waals surface area contributed by atoms with Crippen LogP contribution in [0.2, 0.25) is 0 Å². The largest absolute Gasteiger partial charge is 0.320 e. The van der Waals surface area contributed by atoms with E-state index in [4.69, 9.17) is 0 Å². The number of rotatable bonds is 3. The average molecular weight is 346 g/mol. The third-order valence-electron chi connectivity index (χ3n) is 3.84. The Morgan fingerprint density at radius 2 is 1.96 bits per heavy atom. The number of benzene rings is 1. The molecule has 3 heterocycles. The first-order valence-electron chi connectivity index (χ1n) is 7.75. The van der Waals surface area contributed by atoms with Crippen LogP contribution in [0.25, 0.3) is 21.5 Å². The average Bonchev–Trinajstić information content (AvgIpc) is 3.08. The van der Waals surface area contributed by atoms with Crippen molar-refractivity contribution in [2.24, 2.45) is 0 Å². The summed E-state index contributed by atoms with van der Waals surface area (Å²) in [4.78, 5) is 26.1. The molecule has 0 unspecified atom stereocenters. The van der Waals surface area contributed by atoms with E-state index < -0.39 is 0 Å². The highest BCUT2D eigenvalue weighted by atomic mass is 32.1. The summed E-state index contributed by atoms with van der Waals surface area (Å²) in [5.74, 6) is -0.227. The molecular weight excluding hydrogens is 332 g/mol. The summed E-state index contributed by atoms with van der Waals surface area (Å²) in [6, 6.07) is 13.5. The zero-order valence-electron chi connectivity index (χ0n) is 13.4. The highest BCUT2D eigenvalue weighted by Crippen LogP contribution is 2.26. The number of nitrogens with one attached hydrogen (secondary N) is 1. The van der Waals surface area contributed by atoms with E-state index in [0.29, 0.717) is 5.01 Å². The van der Waals surface area contributed by atoms with Gasteiger partial charge in [0.2, 0.25) is 0 Å². The lowest BCUT2D eigenvalue weighted by Gasteiger charge is -2.10. The smallest absolute Gasteiger partial charge is 0.284 e. The van der Waals surface area contributed by atoms with Crippen molar-refractivity contribution in [1.29, 1.82) is 0 Å². The van der Waals surface area contributed by atoms with Crippen LogP contribution < -0.4 is 5.32 Å². The molecule has 1 N–H and O–H groups in total. The number of nitrogens with zero attached hydrogens (tertiary/aromatic N) is 3. The molecule has 1 aromatic carbocycles. The van der Waals surface area contributed by atoms with Crippen LogP contribution in [-0.2, 0) is 0 Å². The quantitative estimate of drug-likeness (QED) is 0.600. The molecule has 4 aromatic rings. The lowest BCUT2D eigenvalue weighted by Crippen LogP contribution is -2.12. The summed E-state index contributed by atoms with van der Waals surface area (Å²) in [7, 11) is 0. The van der Waals surface area contributed by atoms with Crippen LogP contribution in [0.5, 0.6) is 0 Å². The van der Waals surface area contributed by atoms with Crippen LogP contribution in [-0.4, -0.2) is 20.9 Å². The van der Waals surface area contributed by atoms with E-state index in [1.807, 2.05) is 49.4 Å². The number of anilines is 1. The monoisotopic (exact) mass is 346 g/mol. The summed E-state index contributed by atoms with van der Waals surface area (Å²) < 4.78 is 0. The van der Waals surface area contributed by atoms with Crippen molar-refractivity contribution in [3.8, 4) is 11.1 Å². The highest BCUT2D eigenvalue weighted by Gasteiger charge is 2.14. The number of carbonyl (C=O) groups excluding carboxylic acids is 1. The number of aromatic nitrogens is 3. The molecule has 1 amide bonds. The fraction of sp³-hybridized carbons (Fsp3) is 0.0526. The van der Waals surface area contributed by atoms with E-state index >= 15 is 0 Å². The minimum absolute atomic E-state index is 0.227. The SMILES string of the molecule is Cc1ccc(-c2cccnc2)cc1NC(=O)c1nc2cccnc2s1. The molecule has 0 saturated heterocycles. The summed E-state index contributed by atoms with van der Waals surface area (Å²) in [6.45, 7) is 1.96. The Bertz CT molecular complexity index is 1030. The Morgan fingerprint density at radius 1 is 1.08 bits per heavy atom. The second-order valence-electron chi connectivity index (χ2n) is 5.57. The van der Waals surface area contributed by atoms with Crippen LogP contribution in [0.15, 0.2) is 61.1 Å². The van der Waals surface area contributed by atoms with Gasteiger partial charge in [0.05, 0.1) is 0 Å². The first kappa shape index (κ1) is 15.4. The van der Waals surface area contributed by atoms with Crippen LogP contribution in [0.3, 0.4) is 0 Å². The normalized spacial score (nSPS) is 10.8. The van der Waals surface area contributed by atoms with Gasteiger partial charge in [0.25, 0.3) is 5.91 Å². The second kappa shape index (κ2) is 6.41. The maximum atomic E-state index is 12.6. The molecule has 3 aromatic heterocycles. The number of carbonyl (C=O) groups is 1. The molecule has 0 aliphatic rings. The van der Waals surface area contributed by atoms with Crippen LogP contribution in [0, 0.1) is 6.92 Å². The Labute approximate surface area is 148 Å². The minimum Gasteiger partial charge on any atom is -0.320 e. The molecule has 6 heteroatoms. The van der Waals surface area contributed by atoms with Gasteiger partial charge in [-0.25, -0.2) is 9.97 Å². The van der Waals surface area contributed by atoms with Crippen LogP contribution in [0.1, 0.15) is 15.4 Å². The maximum Gasteiger partial charge on any atom is 0.284 e. The van der Waals surface area contributed by atoms with Crippen molar-refractivity contribution in [3.05, 3.63) is 71.6 Å². The molecule has 5 nitrogen and oxygen atoms in total. The molecule has 0 spiro atoms. The number of aryl methyl sites for hydroxylation is 1. The Balaban J connectivity index is 1.64. The number of hydrogen-bond acceptors (Lipinski definition) is 5. The van der Waals surface area contributed by atoms with E-state index in [1.165, 1.54) is 11.3 Å². The van der Waals surface area contributed by atoms with Gasteiger partial charge >= 0.3 is 0 Å². The van der Waals surface area contributed by atoms with Crippen LogP contribution in [0.4, 0.5) is 5.69 Å². The van der Waals surface area contributed by atoms with Gasteiger partial charge < -0.3 is 5.32 Å². The van der Waals surface area contributed by atoms with Crippen molar-refractivity contribution in [2.75, 3.05) is 5.32 Å². The van der Waals surface area contributed by atoms with Crippen molar-refractivity contribution >= 4 is 33.3 Å². The van der Waals surface area contributed by atoms with Gasteiger partial charge in [-0.3, -0.25) is 9.78 Å². The van der Waals surface area contributed by atoms with E-state index in [9.17, 15) is 4.79 Å². The van der Waals surface area contributed by atoms with E-state index in [1.54, 1.807) is 18.6 Å². The molecular formula is C19H14N4OS. The third kappa shape index (κ3) is 3.12. The molecule has 4 rings (SSSR count). The topological polar surface area (TPSA) is 67.8 Å². The van der Waals surface area contributed by atoms with Gasteiger partial charge in [-0.15, -0.1) is 0 Å². The maximum absolute atomic E-state index is 12.6. The first-order chi connectivity index (χ1) is 12.2. The Hall–Kier alpha value is -3.12. The number of hydrogen-bond donors (Lipinski definition) is 1. The summed E-state index contributed by atoms with van der Waals surface area (Å²) in [5.41, 5.74) is 4.49. The van der Waals surface area contributed by atoms with Crippen molar-refractivity contribution in [3.63, 3.8) is 0 Å². The fourth-order valence-electron chi connectivity index (χ4n) is 2.51. The zero-order chi connectivity index (χ0) is 17.2. The van der Waals surface area contributed by atoms with Crippen molar-refractivity contribution in [2.45, 2.75) is 6.92 Å². The molecule has 0 aliphatic heterocycles. The van der Waals surface area contributed by atoms with Gasteiger partial charge in [0.15, 0.2) is 5.01 Å². The van der Waals surface area contributed by atoms with Crippen molar-refractivity contribution in [1.82, 2.24) is 15.0 Å². The first-order valence-corrected chi connectivity index (χ1v) is 8.56. The number of fused-ring (bicyclic) bond motifs is 1. The summed E-state index contributed by atoms with van der Waals surface area (Å²) >= 11 is 1.29. The number of thiazole rings is 1. The van der Waals surface area contributed by atoms with Gasteiger partial charge in [-0.1, -0.05) is 29.5 Å². The van der Waals surface area contributed by atoms with Crippen LogP contribution >= 0.6 is 11.3 Å². The predicted octanol–water partition coefficient (Wildman–Crippen LogP) is 4.31. The highest BCUT2D eigenvalue weighted by molar-refractivity contribution is 7.20. The zero-order valence-corrected chi connectivity index (χ0v) is 14.2. The number of pyridine rings is 2. The molecule has 0 atom stereocenters. The molecule has 122 valence electrons. The second-order valence-corrected chi connectivity index (χ2v) is 6.55. The summed E-state index contributed by atoms with van der Waals surface area (Å²) in [6.07, 6.45) is 5.24. The summed E-state index contributed by atoms with van der Waals surface area (Å²) in [5, 5.41) is 3.36. The predicted molar refractivity (Wildman–Crippen MR) is 99.8 cm³/mol. The molecule has 0 bridgehead atoms. The molecule has 0 aliphatic carbocycles. The van der Waals surface area contributed by atoms with E-state index in [0.717, 1.165) is 32.7 Å². The lowest BCUT2D eigenvalue weighted by atomic mass is 10.0. The van der Waals surface area contributed by atoms with E-state index in [2.05, 4.69) is 20.3 Å². The standard InChI is InChI=1S/C19H14N4OS/c1-12-6-7-13(14-4-2-8-20-11-14)10-16(12)22-17(24)19-23-15-5-3-9-21-18(15)25-19/h2-11H,1H3,(H,22,24). The van der Waals surface area contributed by atoms with Gasteiger partial charge in [-0.05, 0) is 42.3 Å². The molecule has 0 fully saturated rings. The minimum atomic E-state index is -0.227.